The first-order valence-corrected chi connectivity index (χ1v) is 9.47. The largest absolute Gasteiger partial charge is 0.354 e. The van der Waals surface area contributed by atoms with E-state index >= 15 is 0 Å². The van der Waals surface area contributed by atoms with E-state index in [9.17, 15) is 4.79 Å². The summed E-state index contributed by atoms with van der Waals surface area (Å²) in [5, 5.41) is 0. The fourth-order valence-electron chi connectivity index (χ4n) is 4.63. The quantitative estimate of drug-likeness (QED) is 0.566. The van der Waals surface area contributed by atoms with E-state index in [2.05, 4.69) is 57.5 Å². The van der Waals surface area contributed by atoms with Crippen LogP contribution in [0.2, 0.25) is 0 Å². The van der Waals surface area contributed by atoms with Crippen LogP contribution in [0.15, 0.2) is 36.1 Å². The maximum Gasteiger partial charge on any atom is 0.354 e. The first kappa shape index (κ1) is 17.3. The van der Waals surface area contributed by atoms with Crippen molar-refractivity contribution in [3.05, 3.63) is 36.1 Å². The number of likely N-dealkylation sites (N-methyl/N-ethyl adjacent to an activating group) is 1. The maximum atomic E-state index is 13.0. The zero-order chi connectivity index (χ0) is 17.5. The Kier molecular flexibility index (Phi) is 4.65. The highest BCUT2D eigenvalue weighted by Gasteiger charge is 2.50. The second kappa shape index (κ2) is 6.44. The van der Waals surface area contributed by atoms with E-state index < -0.39 is 0 Å². The summed E-state index contributed by atoms with van der Waals surface area (Å²) in [6.45, 7) is 8.93. The van der Waals surface area contributed by atoms with E-state index in [0.29, 0.717) is 22.4 Å². The van der Waals surface area contributed by atoms with Crippen LogP contribution in [-0.2, 0) is 4.79 Å². The molecule has 1 saturated carbocycles. The van der Waals surface area contributed by atoms with Gasteiger partial charge < -0.3 is 0 Å². The molecule has 3 aliphatic rings. The molecule has 0 aromatic carbocycles. The van der Waals surface area contributed by atoms with Crippen molar-refractivity contribution in [2.45, 2.75) is 65.5 Å². The predicted octanol–water partition coefficient (Wildman–Crippen LogP) is 4.02. The number of rotatable bonds is 3. The van der Waals surface area contributed by atoms with Crippen molar-refractivity contribution >= 4 is 11.7 Å². The van der Waals surface area contributed by atoms with Crippen LogP contribution in [0, 0.1) is 11.8 Å². The van der Waals surface area contributed by atoms with Gasteiger partial charge in [0.05, 0.1) is 14.0 Å². The minimum absolute atomic E-state index is 0.161. The molecule has 0 N–H and O–H groups in total. The first-order valence-electron chi connectivity index (χ1n) is 9.47. The number of quaternary nitrogens is 1. The normalized spacial score (nSPS) is 35.5. The minimum Gasteiger partial charge on any atom is -0.225 e. The summed E-state index contributed by atoms with van der Waals surface area (Å²) in [7, 11) is 2.10. The number of carbonyl (C=O) groups excluding carboxylic acids is 1. The number of nitrogens with zero attached hydrogens (tertiary/aromatic N) is 2. The molecule has 1 fully saturated rings. The van der Waals surface area contributed by atoms with Crippen LogP contribution in [-0.4, -0.2) is 39.9 Å². The standard InChI is InChI=1S/C21H32N2O/c1-15-9-8-12-20(16(15)2)17(3)23(5)18(4)22(14-13-21(23)24)19-10-6-7-11-19/h8-9,12-17,19H,6-7,10-11H2,1-5H3/q+2. The lowest BCUT2D eigenvalue weighted by Gasteiger charge is -2.39. The summed E-state index contributed by atoms with van der Waals surface area (Å²) in [5.41, 5.74) is 1.39. The van der Waals surface area contributed by atoms with E-state index in [0.717, 1.165) is 0 Å². The highest BCUT2D eigenvalue weighted by atomic mass is 16.2. The summed E-state index contributed by atoms with van der Waals surface area (Å²) in [6.07, 6.45) is 15.6. The third-order valence-electron chi connectivity index (χ3n) is 6.87. The molecule has 3 heteroatoms. The zero-order valence-electron chi connectivity index (χ0n) is 15.8. The van der Waals surface area contributed by atoms with E-state index in [-0.39, 0.29) is 11.9 Å². The second-order valence-corrected chi connectivity index (χ2v) is 8.00. The molecule has 3 rings (SSSR count). The molecule has 0 aromatic rings. The third kappa shape index (κ3) is 2.63. The molecular weight excluding hydrogens is 296 g/mol. The molecule has 1 heterocycles. The number of carbonyl (C=O) groups is 1. The van der Waals surface area contributed by atoms with Gasteiger partial charge in [-0.25, -0.2) is 4.79 Å². The van der Waals surface area contributed by atoms with Crippen molar-refractivity contribution in [3.8, 4) is 0 Å². The highest BCUT2D eigenvalue weighted by molar-refractivity contribution is 5.92. The fourth-order valence-corrected chi connectivity index (χ4v) is 4.63. The lowest BCUT2D eigenvalue weighted by Crippen LogP contribution is -2.63. The Morgan fingerprint density at radius 2 is 1.92 bits per heavy atom. The van der Waals surface area contributed by atoms with Crippen LogP contribution in [0.4, 0.5) is 0 Å². The Hall–Kier alpha value is -1.48. The van der Waals surface area contributed by atoms with E-state index in [1.165, 1.54) is 37.1 Å². The number of amides is 1. The van der Waals surface area contributed by atoms with Crippen molar-refractivity contribution in [2.24, 2.45) is 11.8 Å². The van der Waals surface area contributed by atoms with Crippen LogP contribution in [0.1, 0.15) is 53.4 Å². The average molecular weight is 329 g/mol. The van der Waals surface area contributed by atoms with Crippen molar-refractivity contribution in [2.75, 3.05) is 7.05 Å². The molecule has 0 spiro atoms. The Morgan fingerprint density at radius 3 is 2.58 bits per heavy atom. The fraction of sp³-hybridized carbons (Fsp3) is 0.619. The topological polar surface area (TPSA) is 20.1 Å². The Balaban J connectivity index is 2.00. The van der Waals surface area contributed by atoms with Gasteiger partial charge in [-0.3, -0.25) is 0 Å². The molecule has 130 valence electrons. The smallest absolute Gasteiger partial charge is 0.225 e. The van der Waals surface area contributed by atoms with Gasteiger partial charge in [0.1, 0.15) is 12.1 Å². The van der Waals surface area contributed by atoms with Crippen LogP contribution in [0.25, 0.3) is 0 Å². The monoisotopic (exact) mass is 328 g/mol. The molecule has 0 saturated heterocycles. The van der Waals surface area contributed by atoms with E-state index in [4.69, 9.17) is 0 Å². The molecule has 1 aliphatic heterocycles. The summed E-state index contributed by atoms with van der Waals surface area (Å²) in [6, 6.07) is 0.726. The Labute approximate surface area is 146 Å². The highest BCUT2D eigenvalue weighted by Crippen LogP contribution is 2.34. The van der Waals surface area contributed by atoms with Gasteiger partial charge in [-0.2, -0.15) is 9.06 Å². The Bertz CT molecular complexity index is 649. The second-order valence-electron chi connectivity index (χ2n) is 8.00. The van der Waals surface area contributed by atoms with Crippen LogP contribution >= 0.6 is 0 Å². The van der Waals surface area contributed by atoms with Crippen LogP contribution in [0.3, 0.4) is 0 Å². The van der Waals surface area contributed by atoms with Gasteiger partial charge in [-0.15, -0.1) is 0 Å². The number of hydrogen-bond acceptors (Lipinski definition) is 1. The van der Waals surface area contributed by atoms with Gasteiger partial charge in [0.2, 0.25) is 0 Å². The molecule has 24 heavy (non-hydrogen) atoms. The lowest BCUT2D eigenvalue weighted by molar-refractivity contribution is -0.793. The van der Waals surface area contributed by atoms with Gasteiger partial charge in [0.25, 0.3) is 0 Å². The molecule has 2 aliphatic carbocycles. The molecule has 0 radical (unpaired) electrons. The zero-order valence-corrected chi connectivity index (χ0v) is 15.8. The van der Waals surface area contributed by atoms with Gasteiger partial charge in [0, 0.05) is 12.8 Å². The number of allylic oxidation sites excluding steroid dienone is 3. The number of hydrogen-bond donors (Lipinski definition) is 0. The molecule has 3 nitrogen and oxygen atoms in total. The van der Waals surface area contributed by atoms with E-state index in [1.807, 2.05) is 6.20 Å². The van der Waals surface area contributed by atoms with Crippen molar-refractivity contribution < 1.29 is 13.9 Å². The summed E-state index contributed by atoms with van der Waals surface area (Å²) in [5.74, 6) is 2.38. The van der Waals surface area contributed by atoms with Crippen molar-refractivity contribution in [3.63, 3.8) is 0 Å². The van der Waals surface area contributed by atoms with Crippen LogP contribution < -0.4 is 0 Å². The van der Waals surface area contributed by atoms with Gasteiger partial charge in [0.15, 0.2) is 12.2 Å². The van der Waals surface area contributed by atoms with E-state index in [1.54, 1.807) is 6.08 Å². The van der Waals surface area contributed by atoms with Gasteiger partial charge in [-0.1, -0.05) is 32.1 Å². The summed E-state index contributed by atoms with van der Waals surface area (Å²) >= 11 is 0. The Morgan fingerprint density at radius 1 is 1.25 bits per heavy atom. The molecule has 4 atom stereocenters. The van der Waals surface area contributed by atoms with Crippen LogP contribution in [0.5, 0.6) is 0 Å². The third-order valence-corrected chi connectivity index (χ3v) is 6.87. The summed E-state index contributed by atoms with van der Waals surface area (Å²) < 4.78 is 2.77. The molecule has 1 amide bonds. The number of amidine groups is 1. The average Bonchev–Trinajstić information content (AvgIpc) is 3.09. The lowest BCUT2D eigenvalue weighted by atomic mass is 9.80. The first-order chi connectivity index (χ1) is 11.4. The molecule has 4 unspecified atom stereocenters. The maximum absolute atomic E-state index is 13.0. The SMILES string of the molecule is CC1=[N+](C2CCCC2)C=CC(=O)[N+]1(C)C(C)C1=CC=CC(C)C1C. The summed E-state index contributed by atoms with van der Waals surface area (Å²) in [4.78, 5) is 13.0. The molecular formula is C21H32N2O+2. The minimum atomic E-state index is 0.161. The van der Waals surface area contributed by atoms with Gasteiger partial charge in [-0.05, 0) is 37.2 Å². The van der Waals surface area contributed by atoms with Crippen molar-refractivity contribution in [1.82, 2.24) is 0 Å². The molecule has 0 aromatic heterocycles. The van der Waals surface area contributed by atoms with Crippen molar-refractivity contribution in [1.29, 1.82) is 0 Å². The van der Waals surface area contributed by atoms with Gasteiger partial charge >= 0.3 is 11.7 Å². The predicted molar refractivity (Wildman–Crippen MR) is 98.5 cm³/mol. The molecule has 0 bridgehead atoms.